The van der Waals surface area contributed by atoms with Gasteiger partial charge in [0.1, 0.15) is 11.6 Å². The van der Waals surface area contributed by atoms with Gasteiger partial charge in [-0.3, -0.25) is 0 Å². The molecule has 0 fully saturated rings. The van der Waals surface area contributed by atoms with Crippen LogP contribution in [-0.2, 0) is 0 Å². The van der Waals surface area contributed by atoms with E-state index in [1.165, 1.54) is 0 Å². The predicted octanol–water partition coefficient (Wildman–Crippen LogP) is 10.2. The molecule has 0 bridgehead atoms. The number of benzene rings is 6. The molecule has 54 heavy (non-hydrogen) atoms. The van der Waals surface area contributed by atoms with Crippen LogP contribution in [0, 0.1) is 22.7 Å². The number of nitriles is 2. The maximum absolute atomic E-state index is 11.3. The number of fused-ring (bicyclic) bond motifs is 6. The second-order valence-corrected chi connectivity index (χ2v) is 13.0. The van der Waals surface area contributed by atoms with Crippen LogP contribution in [0.15, 0.2) is 158 Å². The third kappa shape index (κ3) is 4.83. The molecule has 0 radical (unpaired) electrons. The molecular weight excluding hydrogens is 665 g/mol. The minimum Gasteiger partial charge on any atom is -0.308 e. The number of para-hydroxylation sites is 2. The minimum absolute atomic E-state index is 0.506. The van der Waals surface area contributed by atoms with Gasteiger partial charge in [0, 0.05) is 57.5 Å². The van der Waals surface area contributed by atoms with Crippen molar-refractivity contribution in [1.82, 2.24) is 29.1 Å². The fourth-order valence-corrected chi connectivity index (χ4v) is 7.65. The maximum Gasteiger partial charge on any atom is 0.159 e. The Labute approximate surface area is 309 Å². The van der Waals surface area contributed by atoms with Crippen molar-refractivity contribution in [2.45, 2.75) is 0 Å². The van der Waals surface area contributed by atoms with Crippen molar-refractivity contribution in [3.63, 3.8) is 0 Å². The second-order valence-electron chi connectivity index (χ2n) is 13.0. The van der Waals surface area contributed by atoms with Crippen LogP contribution in [0.2, 0.25) is 0 Å². The summed E-state index contributed by atoms with van der Waals surface area (Å²) in [6, 6.07) is 49.3. The van der Waals surface area contributed by atoms with E-state index < -0.39 is 0 Å². The first kappa shape index (κ1) is 30.8. The molecule has 0 N–H and O–H groups in total. The molecule has 0 saturated carbocycles. The molecular formula is C46H26N8. The highest BCUT2D eigenvalue weighted by Gasteiger charge is 2.23. The van der Waals surface area contributed by atoms with Crippen molar-refractivity contribution in [1.29, 1.82) is 10.5 Å². The first-order valence-corrected chi connectivity index (χ1v) is 17.4. The molecule has 0 atom stereocenters. The first-order valence-electron chi connectivity index (χ1n) is 17.4. The van der Waals surface area contributed by atoms with Gasteiger partial charge in [-0.25, -0.2) is 19.9 Å². The van der Waals surface area contributed by atoms with E-state index in [0.717, 1.165) is 77.2 Å². The van der Waals surface area contributed by atoms with E-state index >= 15 is 0 Å². The number of rotatable bonds is 5. The van der Waals surface area contributed by atoms with Crippen molar-refractivity contribution in [2.24, 2.45) is 0 Å². The molecule has 6 aromatic carbocycles. The lowest BCUT2D eigenvalue weighted by atomic mass is 9.98. The third-order valence-electron chi connectivity index (χ3n) is 10.0. The van der Waals surface area contributed by atoms with Crippen LogP contribution >= 0.6 is 0 Å². The van der Waals surface area contributed by atoms with Crippen LogP contribution in [0.4, 0.5) is 0 Å². The Morgan fingerprint density at radius 1 is 0.389 bits per heavy atom. The maximum atomic E-state index is 11.3. The number of aromatic nitrogens is 6. The van der Waals surface area contributed by atoms with E-state index in [4.69, 9.17) is 0 Å². The van der Waals surface area contributed by atoms with Gasteiger partial charge in [-0.2, -0.15) is 10.5 Å². The van der Waals surface area contributed by atoms with Crippen molar-refractivity contribution in [3.05, 3.63) is 169 Å². The van der Waals surface area contributed by atoms with Crippen LogP contribution in [-0.4, -0.2) is 29.1 Å². The van der Waals surface area contributed by atoms with Gasteiger partial charge >= 0.3 is 0 Å². The summed E-state index contributed by atoms with van der Waals surface area (Å²) in [6.45, 7) is 0. The lowest BCUT2D eigenvalue weighted by Crippen LogP contribution is -2.05. The summed E-state index contributed by atoms with van der Waals surface area (Å²) in [5.41, 5.74) is 9.85. The van der Waals surface area contributed by atoms with Gasteiger partial charge < -0.3 is 9.13 Å². The molecule has 250 valence electrons. The molecule has 10 rings (SSSR count). The van der Waals surface area contributed by atoms with Gasteiger partial charge in [-0.05, 0) is 96.1 Å². The summed E-state index contributed by atoms with van der Waals surface area (Å²) in [5, 5.41) is 25.2. The first-order chi connectivity index (χ1) is 26.7. The number of nitrogens with zero attached hydrogens (tertiary/aromatic N) is 8. The highest BCUT2D eigenvalue weighted by atomic mass is 15.0. The molecule has 0 saturated heterocycles. The molecule has 10 aromatic rings. The summed E-state index contributed by atoms with van der Waals surface area (Å²) in [4.78, 5) is 18.0. The Hall–Kier alpha value is -7.94. The fourth-order valence-electron chi connectivity index (χ4n) is 7.65. The predicted molar refractivity (Wildman–Crippen MR) is 212 cm³/mol. The van der Waals surface area contributed by atoms with Crippen LogP contribution in [0.3, 0.4) is 0 Å². The van der Waals surface area contributed by atoms with Gasteiger partial charge in [-0.15, -0.1) is 0 Å². The number of hydrogen-bond donors (Lipinski definition) is 0. The normalized spacial score (nSPS) is 11.3. The molecule has 4 heterocycles. The summed E-state index contributed by atoms with van der Waals surface area (Å²) < 4.78 is 4.36. The lowest BCUT2D eigenvalue weighted by molar-refractivity contribution is 1.12. The zero-order valence-electron chi connectivity index (χ0n) is 28.6. The number of hydrogen-bond acceptors (Lipinski definition) is 6. The topological polar surface area (TPSA) is 109 Å². The Morgan fingerprint density at radius 3 is 1.39 bits per heavy atom. The Balaban J connectivity index is 1.31. The van der Waals surface area contributed by atoms with Gasteiger partial charge in [0.05, 0.1) is 45.1 Å². The molecule has 4 aromatic heterocycles. The van der Waals surface area contributed by atoms with Crippen molar-refractivity contribution in [3.8, 4) is 57.4 Å². The highest BCUT2D eigenvalue weighted by Crippen LogP contribution is 2.41. The fraction of sp³-hybridized carbons (Fsp3) is 0. The van der Waals surface area contributed by atoms with E-state index in [0.29, 0.717) is 22.8 Å². The van der Waals surface area contributed by atoms with Crippen LogP contribution in [0.1, 0.15) is 11.1 Å². The van der Waals surface area contributed by atoms with Gasteiger partial charge in [0.2, 0.25) is 0 Å². The van der Waals surface area contributed by atoms with E-state index in [1.807, 2.05) is 66.7 Å². The average molecular weight is 691 g/mol. The Bertz CT molecular complexity index is 3000. The zero-order valence-corrected chi connectivity index (χ0v) is 28.6. The summed E-state index contributed by atoms with van der Waals surface area (Å²) in [5.74, 6) is 1.29. The van der Waals surface area contributed by atoms with Crippen LogP contribution in [0.5, 0.6) is 0 Å². The van der Waals surface area contributed by atoms with Crippen molar-refractivity contribution in [2.75, 3.05) is 0 Å². The van der Waals surface area contributed by atoms with Crippen LogP contribution < -0.4 is 0 Å². The summed E-state index contributed by atoms with van der Waals surface area (Å²) in [6.07, 6.45) is 6.98. The summed E-state index contributed by atoms with van der Waals surface area (Å²) >= 11 is 0. The van der Waals surface area contributed by atoms with E-state index in [1.54, 1.807) is 30.9 Å². The molecule has 0 unspecified atom stereocenters. The summed E-state index contributed by atoms with van der Waals surface area (Å²) in [7, 11) is 0. The minimum atomic E-state index is 0.506. The van der Waals surface area contributed by atoms with E-state index in [9.17, 15) is 10.5 Å². The monoisotopic (exact) mass is 690 g/mol. The quantitative estimate of drug-likeness (QED) is 0.178. The third-order valence-corrected chi connectivity index (χ3v) is 10.0. The van der Waals surface area contributed by atoms with Crippen molar-refractivity contribution >= 4 is 43.6 Å². The van der Waals surface area contributed by atoms with Crippen LogP contribution in [0.25, 0.3) is 88.9 Å². The molecule has 0 spiro atoms. The highest BCUT2D eigenvalue weighted by molar-refractivity contribution is 6.12. The van der Waals surface area contributed by atoms with E-state index in [-0.39, 0.29) is 0 Å². The smallest absolute Gasteiger partial charge is 0.159 e. The van der Waals surface area contributed by atoms with Crippen molar-refractivity contribution < 1.29 is 0 Å². The average Bonchev–Trinajstić information content (AvgIpc) is 3.76. The Morgan fingerprint density at radius 2 is 0.889 bits per heavy atom. The lowest BCUT2D eigenvalue weighted by Gasteiger charge is -2.18. The van der Waals surface area contributed by atoms with Gasteiger partial charge in [0.15, 0.2) is 11.6 Å². The molecule has 8 nitrogen and oxygen atoms in total. The Kier molecular flexibility index (Phi) is 7.07. The molecule has 0 amide bonds. The standard InChI is InChI=1S/C46H26N8/c47-27-29-8-5-9-30(22-29)33-25-43(53-39-12-3-1-10-34(39)36-23-31(14-16-41(36)53)45-49-18-6-19-50-45)38(28-48)44(26-33)54-40-13-4-2-11-35(40)37-24-32(15-17-42(37)54)46-51-20-7-21-52-46/h1-26H. The SMILES string of the molecule is N#Cc1cccc(-c2cc(-n3c4ccccc4c4cc(-c5ncccn5)ccc43)c(C#N)c(-n3c4ccccc4c4cc(-c5ncccn5)ccc43)c2)c1. The molecule has 8 heteroatoms. The van der Waals surface area contributed by atoms with Gasteiger partial charge in [0.25, 0.3) is 0 Å². The second kappa shape index (κ2) is 12.4. The largest absolute Gasteiger partial charge is 0.308 e. The molecule has 0 aliphatic heterocycles. The van der Waals surface area contributed by atoms with Gasteiger partial charge in [-0.1, -0.05) is 48.5 Å². The molecule has 0 aliphatic carbocycles. The zero-order chi connectivity index (χ0) is 36.2. The molecule has 0 aliphatic rings. The van der Waals surface area contributed by atoms with E-state index in [2.05, 4.69) is 102 Å².